The van der Waals surface area contributed by atoms with Crippen LogP contribution < -0.4 is 0 Å². The van der Waals surface area contributed by atoms with Crippen LogP contribution in [0.4, 0.5) is 4.39 Å². The summed E-state index contributed by atoms with van der Waals surface area (Å²) in [6, 6.07) is 5.22. The molecule has 0 bridgehead atoms. The van der Waals surface area contributed by atoms with Gasteiger partial charge in [0.25, 0.3) is 0 Å². The van der Waals surface area contributed by atoms with Gasteiger partial charge < -0.3 is 14.4 Å². The number of halogens is 1. The molecular formula is C17H20FNO3. The van der Waals surface area contributed by atoms with E-state index >= 15 is 0 Å². The first kappa shape index (κ1) is 14.9. The molecule has 0 saturated carbocycles. The highest BCUT2D eigenvalue weighted by Crippen LogP contribution is 2.43. The van der Waals surface area contributed by atoms with Gasteiger partial charge in [-0.1, -0.05) is 6.07 Å². The van der Waals surface area contributed by atoms with Crippen LogP contribution in [0.25, 0.3) is 10.9 Å². The van der Waals surface area contributed by atoms with Crippen molar-refractivity contribution in [1.82, 2.24) is 4.57 Å². The molecule has 2 aromatic rings. The van der Waals surface area contributed by atoms with E-state index in [4.69, 9.17) is 4.74 Å². The number of hydrogen-bond donors (Lipinski definition) is 1. The predicted octanol–water partition coefficient (Wildman–Crippen LogP) is 3.30. The molecule has 4 nitrogen and oxygen atoms in total. The van der Waals surface area contributed by atoms with Gasteiger partial charge in [0.1, 0.15) is 12.4 Å². The van der Waals surface area contributed by atoms with Gasteiger partial charge in [-0.05, 0) is 43.9 Å². The molecule has 0 fully saturated rings. The molecule has 0 amide bonds. The van der Waals surface area contributed by atoms with Crippen LogP contribution in [0, 0.1) is 0 Å². The summed E-state index contributed by atoms with van der Waals surface area (Å²) in [6.45, 7) is 1.88. The highest BCUT2D eigenvalue weighted by molar-refractivity contribution is 5.96. The van der Waals surface area contributed by atoms with Crippen molar-refractivity contribution < 1.29 is 19.0 Å². The molecule has 1 atom stereocenters. The standard InChI is InChI=1S/C17H20FNO3/c1-2-22-17(21)11-5-3-6-12-15(11)16-13(19(12)10-9-18)7-4-8-14(16)20/h4,7-8,11,20H,2-3,5-6,9-10H2,1H3. The lowest BCUT2D eigenvalue weighted by atomic mass is 9.85. The number of nitrogens with zero attached hydrogens (tertiary/aromatic N) is 1. The van der Waals surface area contributed by atoms with Crippen molar-refractivity contribution in [3.8, 4) is 5.75 Å². The normalized spacial score (nSPS) is 17.5. The number of benzene rings is 1. The number of phenolic OH excluding ortho intramolecular Hbond substituents is 1. The Morgan fingerprint density at radius 1 is 1.50 bits per heavy atom. The van der Waals surface area contributed by atoms with Gasteiger partial charge in [0.05, 0.1) is 24.6 Å². The number of aryl methyl sites for hydroxylation is 1. The molecule has 0 aliphatic heterocycles. The molecule has 0 saturated heterocycles. The molecule has 1 aliphatic carbocycles. The number of phenols is 1. The van der Waals surface area contributed by atoms with Crippen LogP contribution in [-0.4, -0.2) is 28.9 Å². The molecule has 1 heterocycles. The Bertz CT molecular complexity index is 707. The number of aromatic hydroxyl groups is 1. The van der Waals surface area contributed by atoms with Crippen molar-refractivity contribution in [1.29, 1.82) is 0 Å². The Hall–Kier alpha value is -2.04. The number of carbonyl (C=O) groups excluding carboxylic acids is 1. The third-order valence-electron chi connectivity index (χ3n) is 4.35. The summed E-state index contributed by atoms with van der Waals surface area (Å²) in [4.78, 5) is 12.3. The quantitative estimate of drug-likeness (QED) is 0.882. The van der Waals surface area contributed by atoms with Crippen LogP contribution >= 0.6 is 0 Å². The van der Waals surface area contributed by atoms with E-state index in [-0.39, 0.29) is 24.2 Å². The second-order valence-electron chi connectivity index (χ2n) is 5.57. The van der Waals surface area contributed by atoms with E-state index in [0.717, 1.165) is 29.6 Å². The van der Waals surface area contributed by atoms with Crippen LogP contribution in [-0.2, 0) is 22.5 Å². The minimum Gasteiger partial charge on any atom is -0.507 e. The zero-order valence-corrected chi connectivity index (χ0v) is 12.6. The molecule has 0 radical (unpaired) electrons. The first-order valence-electron chi connectivity index (χ1n) is 7.74. The largest absolute Gasteiger partial charge is 0.507 e. The molecule has 1 N–H and O–H groups in total. The predicted molar refractivity (Wildman–Crippen MR) is 81.9 cm³/mol. The highest BCUT2D eigenvalue weighted by Gasteiger charge is 2.33. The molecule has 3 rings (SSSR count). The molecular weight excluding hydrogens is 285 g/mol. The van der Waals surface area contributed by atoms with Gasteiger partial charge in [-0.3, -0.25) is 4.79 Å². The number of rotatable bonds is 4. The van der Waals surface area contributed by atoms with E-state index in [1.54, 1.807) is 19.1 Å². The van der Waals surface area contributed by atoms with E-state index in [1.807, 2.05) is 10.6 Å². The van der Waals surface area contributed by atoms with Gasteiger partial charge in [0.2, 0.25) is 0 Å². The molecule has 22 heavy (non-hydrogen) atoms. The summed E-state index contributed by atoms with van der Waals surface area (Å²) in [5, 5.41) is 10.9. The molecule has 118 valence electrons. The van der Waals surface area contributed by atoms with E-state index < -0.39 is 6.67 Å². The van der Waals surface area contributed by atoms with Gasteiger partial charge in [-0.2, -0.15) is 0 Å². The zero-order valence-electron chi connectivity index (χ0n) is 12.6. The fourth-order valence-corrected chi connectivity index (χ4v) is 3.55. The second kappa shape index (κ2) is 5.99. The summed E-state index contributed by atoms with van der Waals surface area (Å²) < 4.78 is 20.0. The van der Waals surface area contributed by atoms with Crippen molar-refractivity contribution in [2.24, 2.45) is 0 Å². The van der Waals surface area contributed by atoms with Crippen molar-refractivity contribution >= 4 is 16.9 Å². The maximum absolute atomic E-state index is 13.0. The fourth-order valence-electron chi connectivity index (χ4n) is 3.55. The van der Waals surface area contributed by atoms with Gasteiger partial charge in [-0.15, -0.1) is 0 Å². The van der Waals surface area contributed by atoms with Crippen LogP contribution in [0.5, 0.6) is 5.75 Å². The monoisotopic (exact) mass is 305 g/mol. The number of carbonyl (C=O) groups is 1. The number of hydrogen-bond acceptors (Lipinski definition) is 3. The first-order valence-corrected chi connectivity index (χ1v) is 7.74. The van der Waals surface area contributed by atoms with E-state index in [0.29, 0.717) is 18.4 Å². The van der Waals surface area contributed by atoms with Gasteiger partial charge in [0, 0.05) is 11.1 Å². The number of fused-ring (bicyclic) bond motifs is 3. The first-order chi connectivity index (χ1) is 10.7. The van der Waals surface area contributed by atoms with E-state index in [1.165, 1.54) is 0 Å². The number of esters is 1. The maximum atomic E-state index is 13.0. The maximum Gasteiger partial charge on any atom is 0.313 e. The minimum absolute atomic E-state index is 0.141. The lowest BCUT2D eigenvalue weighted by Gasteiger charge is -2.23. The smallest absolute Gasteiger partial charge is 0.313 e. The van der Waals surface area contributed by atoms with Crippen molar-refractivity contribution in [2.75, 3.05) is 13.3 Å². The van der Waals surface area contributed by atoms with Crippen molar-refractivity contribution in [3.05, 3.63) is 29.5 Å². The minimum atomic E-state index is -0.476. The molecule has 1 aliphatic rings. The fraction of sp³-hybridized carbons (Fsp3) is 0.471. The Balaban J connectivity index is 2.24. The molecule has 1 unspecified atom stereocenters. The van der Waals surface area contributed by atoms with Crippen LogP contribution in [0.3, 0.4) is 0 Å². The average molecular weight is 305 g/mol. The Labute approximate surface area is 128 Å². The molecule has 1 aromatic carbocycles. The number of alkyl halides is 1. The van der Waals surface area contributed by atoms with Crippen LogP contribution in [0.1, 0.15) is 36.9 Å². The lowest BCUT2D eigenvalue weighted by molar-refractivity contribution is -0.145. The van der Waals surface area contributed by atoms with Crippen LogP contribution in [0.2, 0.25) is 0 Å². The summed E-state index contributed by atoms with van der Waals surface area (Å²) in [6.07, 6.45) is 2.36. The molecule has 5 heteroatoms. The number of ether oxygens (including phenoxy) is 1. The number of aromatic nitrogens is 1. The third-order valence-corrected chi connectivity index (χ3v) is 4.35. The Morgan fingerprint density at radius 3 is 3.05 bits per heavy atom. The summed E-state index contributed by atoms with van der Waals surface area (Å²) in [5.41, 5.74) is 2.57. The zero-order chi connectivity index (χ0) is 15.7. The van der Waals surface area contributed by atoms with Crippen molar-refractivity contribution in [3.63, 3.8) is 0 Å². The lowest BCUT2D eigenvalue weighted by Crippen LogP contribution is -2.21. The highest BCUT2D eigenvalue weighted by atomic mass is 19.1. The van der Waals surface area contributed by atoms with E-state index in [9.17, 15) is 14.3 Å². The summed E-state index contributed by atoms with van der Waals surface area (Å²) in [7, 11) is 0. The average Bonchev–Trinajstić information content (AvgIpc) is 2.84. The SMILES string of the molecule is CCOC(=O)C1CCCc2c1c1c(O)cccc1n2CCF. The van der Waals surface area contributed by atoms with E-state index in [2.05, 4.69) is 0 Å². The molecule has 1 aromatic heterocycles. The van der Waals surface area contributed by atoms with Gasteiger partial charge >= 0.3 is 5.97 Å². The second-order valence-corrected chi connectivity index (χ2v) is 5.57. The van der Waals surface area contributed by atoms with Gasteiger partial charge in [0.15, 0.2) is 0 Å². The Kier molecular flexibility index (Phi) is 4.05. The van der Waals surface area contributed by atoms with Crippen molar-refractivity contribution in [2.45, 2.75) is 38.6 Å². The third kappa shape index (κ3) is 2.25. The summed E-state index contributed by atoms with van der Waals surface area (Å²) >= 11 is 0. The van der Waals surface area contributed by atoms with Gasteiger partial charge in [-0.25, -0.2) is 4.39 Å². The summed E-state index contributed by atoms with van der Waals surface area (Å²) in [5.74, 6) is -0.492. The Morgan fingerprint density at radius 2 is 2.32 bits per heavy atom. The molecule has 0 spiro atoms. The van der Waals surface area contributed by atoms with Crippen LogP contribution in [0.15, 0.2) is 18.2 Å². The topological polar surface area (TPSA) is 51.5 Å².